The lowest BCUT2D eigenvalue weighted by molar-refractivity contribution is -0.124. The average Bonchev–Trinajstić information content (AvgIpc) is 2.71. The molecule has 1 amide bonds. The van der Waals surface area contributed by atoms with Crippen LogP contribution >= 0.6 is 0 Å². The molecular weight excluding hydrogens is 224 g/mol. The molecule has 1 aliphatic carbocycles. The molecule has 18 heavy (non-hydrogen) atoms. The van der Waals surface area contributed by atoms with Crippen molar-refractivity contribution in [3.8, 4) is 0 Å². The molecule has 0 saturated heterocycles. The van der Waals surface area contributed by atoms with Gasteiger partial charge in [-0.3, -0.25) is 4.79 Å². The maximum Gasteiger partial charge on any atom is 0.230 e. The first-order chi connectivity index (χ1) is 8.42. The molecule has 3 nitrogen and oxygen atoms in total. The van der Waals surface area contributed by atoms with E-state index in [-0.39, 0.29) is 11.3 Å². The van der Waals surface area contributed by atoms with Crippen LogP contribution in [0.3, 0.4) is 0 Å². The molecular formula is C15H22N2O. The van der Waals surface area contributed by atoms with E-state index in [1.54, 1.807) is 0 Å². The van der Waals surface area contributed by atoms with Crippen LogP contribution < -0.4 is 11.1 Å². The molecule has 0 atom stereocenters. The second kappa shape index (κ2) is 4.63. The van der Waals surface area contributed by atoms with Crippen LogP contribution in [0.15, 0.2) is 12.1 Å². The van der Waals surface area contributed by atoms with Gasteiger partial charge in [0.2, 0.25) is 5.91 Å². The number of nitrogens with one attached hydrogen (secondary N) is 1. The Morgan fingerprint density at radius 2 is 1.72 bits per heavy atom. The minimum absolute atomic E-state index is 0.149. The lowest BCUT2D eigenvalue weighted by Crippen LogP contribution is -2.31. The molecule has 0 spiro atoms. The molecule has 0 radical (unpaired) electrons. The monoisotopic (exact) mass is 246 g/mol. The van der Waals surface area contributed by atoms with Crippen molar-refractivity contribution >= 4 is 17.3 Å². The van der Waals surface area contributed by atoms with E-state index >= 15 is 0 Å². The Morgan fingerprint density at radius 1 is 1.22 bits per heavy atom. The zero-order chi connectivity index (χ0) is 13.3. The van der Waals surface area contributed by atoms with Gasteiger partial charge in [0.1, 0.15) is 0 Å². The Hall–Kier alpha value is -1.51. The molecule has 2 rings (SSSR count). The van der Waals surface area contributed by atoms with Crippen molar-refractivity contribution in [3.05, 3.63) is 23.3 Å². The molecule has 0 unspecified atom stereocenters. The van der Waals surface area contributed by atoms with Crippen molar-refractivity contribution in [3.63, 3.8) is 0 Å². The number of carbonyl (C=O) groups is 1. The van der Waals surface area contributed by atoms with Gasteiger partial charge in [-0.2, -0.15) is 0 Å². The van der Waals surface area contributed by atoms with E-state index in [0.29, 0.717) is 0 Å². The number of nitrogens with two attached hydrogens (primary N) is 1. The van der Waals surface area contributed by atoms with Crippen molar-refractivity contribution < 1.29 is 4.79 Å². The summed E-state index contributed by atoms with van der Waals surface area (Å²) in [6, 6.07) is 3.80. The number of nitrogen functional groups attached to an aromatic ring is 1. The minimum Gasteiger partial charge on any atom is -0.399 e. The average molecular weight is 246 g/mol. The highest BCUT2D eigenvalue weighted by atomic mass is 16.2. The van der Waals surface area contributed by atoms with E-state index in [9.17, 15) is 4.79 Å². The first kappa shape index (κ1) is 12.9. The van der Waals surface area contributed by atoms with E-state index in [0.717, 1.165) is 48.2 Å². The summed E-state index contributed by atoms with van der Waals surface area (Å²) in [7, 11) is 0. The van der Waals surface area contributed by atoms with Gasteiger partial charge in [0.15, 0.2) is 0 Å². The van der Waals surface area contributed by atoms with Crippen molar-refractivity contribution in [2.45, 2.75) is 46.5 Å². The Labute approximate surface area is 109 Å². The van der Waals surface area contributed by atoms with Crippen LogP contribution in [0.5, 0.6) is 0 Å². The van der Waals surface area contributed by atoms with E-state index in [1.165, 1.54) is 0 Å². The van der Waals surface area contributed by atoms with Crippen LogP contribution in [0.1, 0.15) is 43.7 Å². The zero-order valence-electron chi connectivity index (χ0n) is 11.5. The first-order valence-electron chi connectivity index (χ1n) is 6.60. The summed E-state index contributed by atoms with van der Waals surface area (Å²) in [4.78, 5) is 12.4. The van der Waals surface area contributed by atoms with Crippen LogP contribution in [0.4, 0.5) is 11.4 Å². The number of carbonyl (C=O) groups excluding carboxylic acids is 1. The highest BCUT2D eigenvalue weighted by Crippen LogP contribution is 2.39. The second-order valence-corrected chi connectivity index (χ2v) is 5.75. The standard InChI is InChI=1S/C15H22N2O/c1-10-8-12(16)9-11(2)13(10)17-14(18)15(3)6-4-5-7-15/h8-9H,4-7,16H2,1-3H3,(H,17,18). The molecule has 1 aliphatic rings. The van der Waals surface area contributed by atoms with E-state index < -0.39 is 0 Å². The Bertz CT molecular complexity index is 450. The molecule has 1 aromatic rings. The van der Waals surface area contributed by atoms with E-state index in [2.05, 4.69) is 12.2 Å². The quantitative estimate of drug-likeness (QED) is 0.786. The van der Waals surface area contributed by atoms with E-state index in [1.807, 2.05) is 26.0 Å². The predicted molar refractivity (Wildman–Crippen MR) is 75.5 cm³/mol. The van der Waals surface area contributed by atoms with Gasteiger partial charge in [0, 0.05) is 16.8 Å². The number of anilines is 2. The predicted octanol–water partition coefficient (Wildman–Crippen LogP) is 3.40. The molecule has 0 aliphatic heterocycles. The number of hydrogen-bond donors (Lipinski definition) is 2. The smallest absolute Gasteiger partial charge is 0.230 e. The highest BCUT2D eigenvalue weighted by Gasteiger charge is 2.36. The fourth-order valence-electron chi connectivity index (χ4n) is 2.84. The van der Waals surface area contributed by atoms with Crippen LogP contribution in [0.25, 0.3) is 0 Å². The summed E-state index contributed by atoms with van der Waals surface area (Å²) in [6.07, 6.45) is 4.30. The van der Waals surface area contributed by atoms with Gasteiger partial charge in [0.25, 0.3) is 0 Å². The minimum atomic E-state index is -0.194. The molecule has 3 heteroatoms. The summed E-state index contributed by atoms with van der Waals surface area (Å²) in [5.41, 5.74) is 9.32. The number of hydrogen-bond acceptors (Lipinski definition) is 2. The number of amides is 1. The highest BCUT2D eigenvalue weighted by molar-refractivity contribution is 5.96. The molecule has 1 aromatic carbocycles. The summed E-state index contributed by atoms with van der Waals surface area (Å²) in [5, 5.41) is 3.09. The lowest BCUT2D eigenvalue weighted by Gasteiger charge is -2.23. The molecule has 0 heterocycles. The maximum absolute atomic E-state index is 12.4. The Morgan fingerprint density at radius 3 is 2.22 bits per heavy atom. The largest absolute Gasteiger partial charge is 0.399 e. The number of rotatable bonds is 2. The molecule has 1 fully saturated rings. The van der Waals surface area contributed by atoms with Gasteiger partial charge < -0.3 is 11.1 Å². The SMILES string of the molecule is Cc1cc(N)cc(C)c1NC(=O)C1(C)CCCC1. The van der Waals surface area contributed by atoms with Gasteiger partial charge in [-0.15, -0.1) is 0 Å². The lowest BCUT2D eigenvalue weighted by atomic mass is 9.87. The van der Waals surface area contributed by atoms with Crippen LogP contribution in [0.2, 0.25) is 0 Å². The summed E-state index contributed by atoms with van der Waals surface area (Å²) in [5.74, 6) is 0.149. The Kier molecular flexibility index (Phi) is 3.33. The zero-order valence-corrected chi connectivity index (χ0v) is 11.5. The third-order valence-corrected chi connectivity index (χ3v) is 4.05. The van der Waals surface area contributed by atoms with Gasteiger partial charge in [0.05, 0.1) is 0 Å². The van der Waals surface area contributed by atoms with Crippen molar-refractivity contribution in [2.75, 3.05) is 11.1 Å². The molecule has 3 N–H and O–H groups in total. The second-order valence-electron chi connectivity index (χ2n) is 5.75. The Balaban J connectivity index is 2.22. The summed E-state index contributed by atoms with van der Waals surface area (Å²) in [6.45, 7) is 6.03. The molecule has 98 valence electrons. The first-order valence-corrected chi connectivity index (χ1v) is 6.60. The fraction of sp³-hybridized carbons (Fsp3) is 0.533. The van der Waals surface area contributed by atoms with Crippen molar-refractivity contribution in [2.24, 2.45) is 5.41 Å². The molecule has 0 bridgehead atoms. The molecule has 0 aromatic heterocycles. The number of aryl methyl sites for hydroxylation is 2. The van der Waals surface area contributed by atoms with Gasteiger partial charge in [-0.25, -0.2) is 0 Å². The summed E-state index contributed by atoms with van der Waals surface area (Å²) < 4.78 is 0. The van der Waals surface area contributed by atoms with Crippen molar-refractivity contribution in [1.82, 2.24) is 0 Å². The van der Waals surface area contributed by atoms with Gasteiger partial charge in [-0.1, -0.05) is 19.8 Å². The van der Waals surface area contributed by atoms with Crippen LogP contribution in [-0.4, -0.2) is 5.91 Å². The third-order valence-electron chi connectivity index (χ3n) is 4.05. The van der Waals surface area contributed by atoms with Crippen LogP contribution in [0, 0.1) is 19.3 Å². The molecule has 1 saturated carbocycles. The topological polar surface area (TPSA) is 55.1 Å². The van der Waals surface area contributed by atoms with Crippen molar-refractivity contribution in [1.29, 1.82) is 0 Å². The summed E-state index contributed by atoms with van der Waals surface area (Å²) >= 11 is 0. The van der Waals surface area contributed by atoms with E-state index in [4.69, 9.17) is 5.73 Å². The van der Waals surface area contributed by atoms with Crippen LogP contribution in [-0.2, 0) is 4.79 Å². The van der Waals surface area contributed by atoms with Gasteiger partial charge >= 0.3 is 0 Å². The number of benzene rings is 1. The third kappa shape index (κ3) is 2.35. The fourth-order valence-corrected chi connectivity index (χ4v) is 2.84. The normalized spacial score (nSPS) is 17.7. The maximum atomic E-state index is 12.4. The van der Waals surface area contributed by atoms with Gasteiger partial charge in [-0.05, 0) is 49.9 Å².